The monoisotopic (exact) mass is 670 g/mol. The fraction of sp³-hybridized carbons (Fsp3) is 0.242. The molecule has 0 aliphatic rings. The first-order valence-electron chi connectivity index (χ1n) is 14.1. The summed E-state index contributed by atoms with van der Waals surface area (Å²) in [6.45, 7) is 5.10. The summed E-state index contributed by atoms with van der Waals surface area (Å²) in [6.07, 6.45) is 2.88. The predicted molar refractivity (Wildman–Crippen MR) is 174 cm³/mol. The Hall–Kier alpha value is -4.81. The number of amides is 2. The van der Waals surface area contributed by atoms with Crippen LogP contribution in [0.5, 0.6) is 17.2 Å². The van der Waals surface area contributed by atoms with Crippen molar-refractivity contribution in [1.82, 2.24) is 9.62 Å². The van der Waals surface area contributed by atoms with Crippen molar-refractivity contribution in [2.24, 2.45) is 0 Å². The van der Waals surface area contributed by atoms with Gasteiger partial charge in [0.25, 0.3) is 15.9 Å². The number of aromatic hydroxyl groups is 2. The molecule has 3 rings (SSSR count). The van der Waals surface area contributed by atoms with Gasteiger partial charge in [-0.2, -0.15) is 0 Å². The number of rotatable bonds is 13. The normalized spacial score (nSPS) is 11.9. The second kappa shape index (κ2) is 15.5. The van der Waals surface area contributed by atoms with Gasteiger partial charge in [0.2, 0.25) is 0 Å². The summed E-state index contributed by atoms with van der Waals surface area (Å²) >= 11 is 6.20. The SMILES string of the molecule is CCC(C(=O)NS(=O)(=O)c1cc(/C=C/C(=O)c2c(OC)cc(O)c(CC=C(C)C)c2O)ccc1Cl)N(Cc1ccccc1)C(=O)O. The van der Waals surface area contributed by atoms with Gasteiger partial charge in [0.15, 0.2) is 5.78 Å². The van der Waals surface area contributed by atoms with Crippen molar-refractivity contribution in [2.45, 2.75) is 51.1 Å². The van der Waals surface area contributed by atoms with E-state index in [1.54, 1.807) is 43.3 Å². The molecule has 2 amide bonds. The molecule has 0 bridgehead atoms. The Morgan fingerprint density at radius 3 is 2.33 bits per heavy atom. The Bertz CT molecular complexity index is 1780. The topological polar surface area (TPSA) is 171 Å². The third kappa shape index (κ3) is 8.67. The van der Waals surface area contributed by atoms with E-state index in [-0.39, 0.29) is 52.6 Å². The lowest BCUT2D eigenvalue weighted by molar-refractivity contribution is -0.124. The van der Waals surface area contributed by atoms with E-state index in [4.69, 9.17) is 16.3 Å². The van der Waals surface area contributed by atoms with E-state index in [1.165, 1.54) is 31.4 Å². The molecule has 3 aromatic rings. The molecule has 0 aliphatic carbocycles. The molecule has 0 saturated heterocycles. The lowest BCUT2D eigenvalue weighted by Gasteiger charge is -2.27. The standard InChI is InChI=1S/C33H35ClN2O9S/c1-5-25(36(33(41)42)19-22-9-7-6-8-10-22)32(40)35-46(43,44)29-17-21(12-15-24(29)34)13-16-26(37)30-28(45-4)18-27(38)23(31(30)39)14-11-20(2)3/h6-13,15-18,25,38-39H,5,14,19H2,1-4H3,(H,35,40)(H,41,42)/b16-13+. The third-order valence-electron chi connectivity index (χ3n) is 6.94. The van der Waals surface area contributed by atoms with Gasteiger partial charge in [0.05, 0.1) is 12.1 Å². The minimum absolute atomic E-state index is 0.0112. The van der Waals surface area contributed by atoms with Crippen LogP contribution in [0.2, 0.25) is 5.02 Å². The highest BCUT2D eigenvalue weighted by Gasteiger charge is 2.32. The van der Waals surface area contributed by atoms with Crippen LogP contribution in [-0.2, 0) is 27.8 Å². The molecule has 1 atom stereocenters. The number of ether oxygens (including phenoxy) is 1. The van der Waals surface area contributed by atoms with Crippen LogP contribution in [0.4, 0.5) is 4.79 Å². The molecule has 0 aliphatic heterocycles. The van der Waals surface area contributed by atoms with E-state index in [0.29, 0.717) is 5.56 Å². The van der Waals surface area contributed by atoms with Crippen molar-refractivity contribution in [3.8, 4) is 17.2 Å². The van der Waals surface area contributed by atoms with E-state index in [2.05, 4.69) is 0 Å². The minimum atomic E-state index is -4.59. The number of hydrogen-bond donors (Lipinski definition) is 4. The molecular weight excluding hydrogens is 636 g/mol. The number of ketones is 1. The van der Waals surface area contributed by atoms with Crippen LogP contribution in [0.25, 0.3) is 6.08 Å². The number of sulfonamides is 1. The van der Waals surface area contributed by atoms with E-state index in [0.717, 1.165) is 22.6 Å². The second-order valence-electron chi connectivity index (χ2n) is 10.5. The van der Waals surface area contributed by atoms with Gasteiger partial charge in [-0.05, 0) is 56.0 Å². The summed E-state index contributed by atoms with van der Waals surface area (Å²) in [6, 6.07) is 12.3. The molecular formula is C33H35ClN2O9S. The Morgan fingerprint density at radius 2 is 1.74 bits per heavy atom. The van der Waals surface area contributed by atoms with Gasteiger partial charge in [-0.3, -0.25) is 14.5 Å². The third-order valence-corrected chi connectivity index (χ3v) is 8.77. The number of allylic oxidation sites excluding steroid dienone is 3. The van der Waals surface area contributed by atoms with Crippen LogP contribution in [0.3, 0.4) is 0 Å². The van der Waals surface area contributed by atoms with Gasteiger partial charge < -0.3 is 20.1 Å². The lowest BCUT2D eigenvalue weighted by Crippen LogP contribution is -2.49. The van der Waals surface area contributed by atoms with E-state index < -0.39 is 44.5 Å². The Labute approximate surface area is 272 Å². The molecule has 0 spiro atoms. The quantitative estimate of drug-likeness (QED) is 0.0978. The minimum Gasteiger partial charge on any atom is -0.507 e. The van der Waals surface area contributed by atoms with Crippen molar-refractivity contribution < 1.29 is 42.9 Å². The van der Waals surface area contributed by atoms with Crippen LogP contribution >= 0.6 is 11.6 Å². The number of phenolic OH excluding ortho intramolecular Hbond substituents is 2. The first kappa shape index (κ1) is 35.7. The van der Waals surface area contributed by atoms with E-state index in [9.17, 15) is 38.1 Å². The summed E-state index contributed by atoms with van der Waals surface area (Å²) in [5.74, 6) is -2.54. The zero-order valence-corrected chi connectivity index (χ0v) is 27.2. The van der Waals surface area contributed by atoms with Gasteiger partial charge in [-0.15, -0.1) is 0 Å². The second-order valence-corrected chi connectivity index (χ2v) is 12.5. The first-order chi connectivity index (χ1) is 21.7. The predicted octanol–water partition coefficient (Wildman–Crippen LogP) is 5.93. The number of carbonyl (C=O) groups is 3. The maximum Gasteiger partial charge on any atom is 0.408 e. The zero-order valence-electron chi connectivity index (χ0n) is 25.7. The average Bonchev–Trinajstić information content (AvgIpc) is 2.99. The lowest BCUT2D eigenvalue weighted by atomic mass is 9.99. The fourth-order valence-corrected chi connectivity index (χ4v) is 6.11. The number of benzene rings is 3. The van der Waals surface area contributed by atoms with Gasteiger partial charge in [0, 0.05) is 18.2 Å². The highest BCUT2D eigenvalue weighted by molar-refractivity contribution is 7.90. The molecule has 0 fully saturated rings. The first-order valence-corrected chi connectivity index (χ1v) is 15.9. The van der Waals surface area contributed by atoms with Crippen molar-refractivity contribution in [2.75, 3.05) is 7.11 Å². The molecule has 13 heteroatoms. The number of hydrogen-bond acceptors (Lipinski definition) is 8. The summed E-state index contributed by atoms with van der Waals surface area (Å²) in [7, 11) is -3.32. The maximum atomic E-state index is 13.3. The fourth-order valence-electron chi connectivity index (χ4n) is 4.56. The van der Waals surface area contributed by atoms with Gasteiger partial charge in [-0.1, -0.05) is 72.6 Å². The van der Waals surface area contributed by atoms with Crippen molar-refractivity contribution in [1.29, 1.82) is 0 Å². The molecule has 46 heavy (non-hydrogen) atoms. The summed E-state index contributed by atoms with van der Waals surface area (Å²) in [5.41, 5.74) is 1.68. The molecule has 11 nitrogen and oxygen atoms in total. The summed E-state index contributed by atoms with van der Waals surface area (Å²) in [5, 5.41) is 30.8. The number of methoxy groups -OCH3 is 1. The molecule has 4 N–H and O–H groups in total. The number of halogens is 1. The van der Waals surface area contributed by atoms with Crippen LogP contribution in [0, 0.1) is 0 Å². The number of nitrogens with one attached hydrogen (secondary N) is 1. The largest absolute Gasteiger partial charge is 0.507 e. The Kier molecular flexibility index (Phi) is 12.0. The van der Waals surface area contributed by atoms with Crippen LogP contribution < -0.4 is 9.46 Å². The summed E-state index contributed by atoms with van der Waals surface area (Å²) < 4.78 is 33.7. The van der Waals surface area contributed by atoms with Gasteiger partial charge in [0.1, 0.15) is 33.7 Å². The van der Waals surface area contributed by atoms with E-state index in [1.807, 2.05) is 18.6 Å². The molecule has 0 heterocycles. The Morgan fingerprint density at radius 1 is 1.07 bits per heavy atom. The smallest absolute Gasteiger partial charge is 0.408 e. The molecule has 0 aromatic heterocycles. The summed E-state index contributed by atoms with van der Waals surface area (Å²) in [4.78, 5) is 38.7. The number of carboxylic acid groups (broad SMARTS) is 1. The molecule has 1 unspecified atom stereocenters. The van der Waals surface area contributed by atoms with Crippen LogP contribution in [-0.4, -0.2) is 59.6 Å². The molecule has 0 radical (unpaired) electrons. The van der Waals surface area contributed by atoms with Gasteiger partial charge >= 0.3 is 6.09 Å². The molecule has 244 valence electrons. The average molecular weight is 671 g/mol. The Balaban J connectivity index is 1.89. The molecule has 0 saturated carbocycles. The number of carbonyl (C=O) groups excluding carboxylic acids is 2. The highest BCUT2D eigenvalue weighted by Crippen LogP contribution is 2.39. The van der Waals surface area contributed by atoms with Gasteiger partial charge in [-0.25, -0.2) is 17.9 Å². The number of phenols is 2. The van der Waals surface area contributed by atoms with Crippen molar-refractivity contribution in [3.05, 3.63) is 99.6 Å². The van der Waals surface area contributed by atoms with Crippen LogP contribution in [0.15, 0.2) is 77.2 Å². The highest BCUT2D eigenvalue weighted by atomic mass is 35.5. The van der Waals surface area contributed by atoms with E-state index >= 15 is 0 Å². The van der Waals surface area contributed by atoms with Crippen molar-refractivity contribution in [3.63, 3.8) is 0 Å². The molecule has 3 aromatic carbocycles. The maximum absolute atomic E-state index is 13.3. The zero-order chi connectivity index (χ0) is 34.2. The number of nitrogens with zero attached hydrogens (tertiary/aromatic N) is 1. The van der Waals surface area contributed by atoms with Crippen molar-refractivity contribution >= 4 is 45.5 Å². The van der Waals surface area contributed by atoms with Crippen LogP contribution in [0.1, 0.15) is 54.2 Å².